The molecular formula is C17H18F3N4O3S+. The Morgan fingerprint density at radius 3 is 2.29 bits per heavy atom. The van der Waals surface area contributed by atoms with Gasteiger partial charge in [-0.1, -0.05) is 6.07 Å². The van der Waals surface area contributed by atoms with E-state index in [0.29, 0.717) is 32.0 Å². The SMILES string of the molecule is NS(=O)(=O)c1cccc(C(=O)N2CCN(c3ccc(C(F)(F)F)c[nH+]3)CC2)c1. The number of halogens is 3. The maximum absolute atomic E-state index is 12.6. The minimum Gasteiger partial charge on any atom is -0.331 e. The van der Waals surface area contributed by atoms with Gasteiger partial charge in [-0.3, -0.25) is 9.69 Å². The zero-order valence-electron chi connectivity index (χ0n) is 14.6. The number of carbonyl (C=O) groups is 1. The van der Waals surface area contributed by atoms with Crippen LogP contribution in [-0.2, 0) is 16.2 Å². The lowest BCUT2D eigenvalue weighted by atomic mass is 10.2. The highest BCUT2D eigenvalue weighted by Gasteiger charge is 2.33. The van der Waals surface area contributed by atoms with Crippen molar-refractivity contribution in [3.8, 4) is 0 Å². The van der Waals surface area contributed by atoms with Crippen LogP contribution in [0.25, 0.3) is 0 Å². The molecular weight excluding hydrogens is 397 g/mol. The van der Waals surface area contributed by atoms with Gasteiger partial charge in [-0.25, -0.2) is 18.5 Å². The molecule has 0 unspecified atom stereocenters. The fourth-order valence-corrected chi connectivity index (χ4v) is 3.49. The van der Waals surface area contributed by atoms with Gasteiger partial charge >= 0.3 is 6.18 Å². The molecule has 2 aromatic rings. The molecule has 2 heterocycles. The summed E-state index contributed by atoms with van der Waals surface area (Å²) in [5.41, 5.74) is -0.555. The molecule has 1 aromatic heterocycles. The zero-order valence-corrected chi connectivity index (χ0v) is 15.4. The molecule has 0 spiro atoms. The van der Waals surface area contributed by atoms with E-state index >= 15 is 0 Å². The average molecular weight is 415 g/mol. The fraction of sp³-hybridized carbons (Fsp3) is 0.294. The summed E-state index contributed by atoms with van der Waals surface area (Å²) in [6.45, 7) is 1.52. The molecule has 0 saturated carbocycles. The van der Waals surface area contributed by atoms with Crippen LogP contribution < -0.4 is 15.0 Å². The van der Waals surface area contributed by atoms with Crippen molar-refractivity contribution < 1.29 is 31.4 Å². The number of primary sulfonamides is 1. The first-order chi connectivity index (χ1) is 13.1. The second kappa shape index (κ2) is 7.40. The molecule has 0 aliphatic carbocycles. The topological polar surface area (TPSA) is 97.8 Å². The van der Waals surface area contributed by atoms with Gasteiger partial charge in [0, 0.05) is 11.6 Å². The molecule has 0 bridgehead atoms. The second-order valence-electron chi connectivity index (χ2n) is 6.31. The summed E-state index contributed by atoms with van der Waals surface area (Å²) in [5.74, 6) is 0.192. The molecule has 28 heavy (non-hydrogen) atoms. The molecule has 1 aliphatic rings. The van der Waals surface area contributed by atoms with Crippen LogP contribution >= 0.6 is 0 Å². The van der Waals surface area contributed by atoms with Crippen LogP contribution in [0.4, 0.5) is 19.0 Å². The minimum atomic E-state index is -4.41. The van der Waals surface area contributed by atoms with Gasteiger partial charge in [0.05, 0.1) is 23.5 Å². The standard InChI is InChI=1S/C17H17F3N4O3S/c18-17(19,20)13-4-5-15(22-11-13)23-6-8-24(9-7-23)16(25)12-2-1-3-14(10-12)28(21,26)27/h1-5,10-11H,6-9H2,(H2,21,26,27)/p+1. The number of alkyl halides is 3. The van der Waals surface area contributed by atoms with E-state index in [4.69, 9.17) is 5.14 Å². The van der Waals surface area contributed by atoms with Gasteiger partial charge < -0.3 is 4.90 Å². The molecule has 7 nitrogen and oxygen atoms in total. The average Bonchev–Trinajstić information content (AvgIpc) is 2.66. The van der Waals surface area contributed by atoms with Crippen LogP contribution in [0.2, 0.25) is 0 Å². The highest BCUT2D eigenvalue weighted by atomic mass is 32.2. The maximum Gasteiger partial charge on any atom is 0.419 e. The predicted octanol–water partition coefficient (Wildman–Crippen LogP) is 1.13. The first-order valence-electron chi connectivity index (χ1n) is 8.32. The van der Waals surface area contributed by atoms with Crippen molar-refractivity contribution in [2.45, 2.75) is 11.1 Å². The highest BCUT2D eigenvalue weighted by Crippen LogP contribution is 2.28. The van der Waals surface area contributed by atoms with E-state index < -0.39 is 21.8 Å². The summed E-state index contributed by atoms with van der Waals surface area (Å²) in [7, 11) is -3.91. The van der Waals surface area contributed by atoms with Gasteiger partial charge in [0.2, 0.25) is 10.0 Å². The molecule has 3 N–H and O–H groups in total. The Labute approximate surface area is 159 Å². The minimum absolute atomic E-state index is 0.142. The quantitative estimate of drug-likeness (QED) is 0.813. The third-order valence-corrected chi connectivity index (χ3v) is 5.35. The highest BCUT2D eigenvalue weighted by molar-refractivity contribution is 7.89. The summed E-state index contributed by atoms with van der Waals surface area (Å²) in [6.07, 6.45) is -3.50. The number of hydrogen-bond acceptors (Lipinski definition) is 4. The van der Waals surface area contributed by atoms with E-state index in [-0.39, 0.29) is 16.4 Å². The van der Waals surface area contributed by atoms with Crippen molar-refractivity contribution in [3.05, 3.63) is 53.7 Å². The molecule has 1 fully saturated rings. The van der Waals surface area contributed by atoms with Crippen LogP contribution in [0.1, 0.15) is 15.9 Å². The number of nitrogens with one attached hydrogen (secondary N) is 1. The lowest BCUT2D eigenvalue weighted by Gasteiger charge is -2.31. The third kappa shape index (κ3) is 4.42. The number of carbonyl (C=O) groups excluding carboxylic acids is 1. The molecule has 0 atom stereocenters. The molecule has 1 aromatic carbocycles. The van der Waals surface area contributed by atoms with Gasteiger partial charge in [-0.05, 0) is 24.3 Å². The van der Waals surface area contributed by atoms with E-state index in [2.05, 4.69) is 4.98 Å². The number of aromatic nitrogens is 1. The molecule has 11 heteroatoms. The van der Waals surface area contributed by atoms with Gasteiger partial charge in [-0.2, -0.15) is 13.2 Å². The number of H-pyrrole nitrogens is 1. The molecule has 0 radical (unpaired) electrons. The number of nitrogens with zero attached hydrogens (tertiary/aromatic N) is 2. The Morgan fingerprint density at radius 1 is 1.07 bits per heavy atom. The summed E-state index contributed by atoms with van der Waals surface area (Å²) in [4.78, 5) is 18.5. The largest absolute Gasteiger partial charge is 0.419 e. The van der Waals surface area contributed by atoms with Gasteiger partial charge in [-0.15, -0.1) is 0 Å². The summed E-state index contributed by atoms with van der Waals surface area (Å²) in [5, 5.41) is 5.09. The van der Waals surface area contributed by atoms with Crippen molar-refractivity contribution in [2.75, 3.05) is 31.1 Å². The number of nitrogens with two attached hydrogens (primary N) is 1. The first kappa shape index (κ1) is 20.1. The van der Waals surface area contributed by atoms with Crippen LogP contribution in [0.3, 0.4) is 0 Å². The zero-order chi connectivity index (χ0) is 20.5. The van der Waals surface area contributed by atoms with Crippen LogP contribution in [0, 0.1) is 0 Å². The van der Waals surface area contributed by atoms with Crippen molar-refractivity contribution in [1.82, 2.24) is 4.90 Å². The van der Waals surface area contributed by atoms with Gasteiger partial charge in [0.15, 0.2) is 0 Å². The van der Waals surface area contributed by atoms with Crippen molar-refractivity contribution in [3.63, 3.8) is 0 Å². The number of sulfonamides is 1. The van der Waals surface area contributed by atoms with Crippen LogP contribution in [0.15, 0.2) is 47.5 Å². The Morgan fingerprint density at radius 2 is 1.75 bits per heavy atom. The summed E-state index contributed by atoms with van der Waals surface area (Å²) >= 11 is 0. The Bertz CT molecular complexity index is 970. The number of benzene rings is 1. The van der Waals surface area contributed by atoms with Crippen molar-refractivity contribution in [2.24, 2.45) is 5.14 Å². The number of pyridine rings is 1. The molecule has 3 rings (SSSR count). The van der Waals surface area contributed by atoms with Gasteiger partial charge in [0.1, 0.15) is 19.3 Å². The van der Waals surface area contributed by atoms with E-state index in [1.165, 1.54) is 30.3 Å². The van der Waals surface area contributed by atoms with E-state index in [0.717, 1.165) is 12.3 Å². The Hall–Kier alpha value is -2.66. The maximum atomic E-state index is 12.6. The Kier molecular flexibility index (Phi) is 5.31. The lowest BCUT2D eigenvalue weighted by Crippen LogP contribution is -2.50. The smallest absolute Gasteiger partial charge is 0.331 e. The van der Waals surface area contributed by atoms with E-state index in [9.17, 15) is 26.4 Å². The summed E-state index contributed by atoms with van der Waals surface area (Å²) < 4.78 is 60.8. The normalized spacial score (nSPS) is 15.6. The molecule has 1 amide bonds. The van der Waals surface area contributed by atoms with E-state index in [1.807, 2.05) is 4.90 Å². The molecule has 1 aliphatic heterocycles. The molecule has 1 saturated heterocycles. The number of anilines is 1. The lowest BCUT2D eigenvalue weighted by molar-refractivity contribution is -0.367. The van der Waals surface area contributed by atoms with Crippen LogP contribution in [-0.4, -0.2) is 45.4 Å². The number of rotatable bonds is 3. The van der Waals surface area contributed by atoms with E-state index in [1.54, 1.807) is 4.90 Å². The third-order valence-electron chi connectivity index (χ3n) is 4.44. The van der Waals surface area contributed by atoms with Crippen molar-refractivity contribution in [1.29, 1.82) is 0 Å². The Balaban J connectivity index is 1.66. The number of aromatic amines is 1. The second-order valence-corrected chi connectivity index (χ2v) is 7.87. The molecule has 150 valence electrons. The predicted molar refractivity (Wildman–Crippen MR) is 93.9 cm³/mol. The number of hydrogen-bond donors (Lipinski definition) is 1. The first-order valence-corrected chi connectivity index (χ1v) is 9.86. The monoisotopic (exact) mass is 415 g/mol. The fourth-order valence-electron chi connectivity index (χ4n) is 2.93. The van der Waals surface area contributed by atoms with Crippen molar-refractivity contribution >= 4 is 21.7 Å². The number of amides is 1. The van der Waals surface area contributed by atoms with Crippen LogP contribution in [0.5, 0.6) is 0 Å². The number of piperazine rings is 1. The van der Waals surface area contributed by atoms with Gasteiger partial charge in [0.25, 0.3) is 11.7 Å². The summed E-state index contributed by atoms with van der Waals surface area (Å²) in [6, 6.07) is 7.85.